The third-order valence-corrected chi connectivity index (χ3v) is 6.34. The van der Waals surface area contributed by atoms with Gasteiger partial charge in [-0.1, -0.05) is 0 Å². The van der Waals surface area contributed by atoms with E-state index in [4.69, 9.17) is 5.73 Å². The van der Waals surface area contributed by atoms with Crippen molar-refractivity contribution in [2.24, 2.45) is 19.8 Å². The van der Waals surface area contributed by atoms with Gasteiger partial charge < -0.3 is 11.1 Å². The number of rotatable bonds is 5. The summed E-state index contributed by atoms with van der Waals surface area (Å²) in [6, 6.07) is 2.84. The molecule has 2 amide bonds. The zero-order valence-electron chi connectivity index (χ0n) is 17.6. The lowest BCUT2D eigenvalue weighted by atomic mass is 10.0. The van der Waals surface area contributed by atoms with Gasteiger partial charge in [0.25, 0.3) is 18.2 Å². The minimum atomic E-state index is -2.83. The Bertz CT molecular complexity index is 1370. The number of alkyl halides is 2. The van der Waals surface area contributed by atoms with E-state index in [0.29, 0.717) is 22.2 Å². The summed E-state index contributed by atoms with van der Waals surface area (Å²) < 4.78 is 30.3. The molecule has 0 aliphatic heterocycles. The first-order valence-corrected chi connectivity index (χ1v) is 10.3. The molecule has 0 saturated carbocycles. The maximum atomic E-state index is 13.6. The molecule has 0 atom stereocenters. The Labute approximate surface area is 184 Å². The van der Waals surface area contributed by atoms with Crippen molar-refractivity contribution in [1.82, 2.24) is 24.5 Å². The maximum Gasteiger partial charge on any atom is 0.280 e. The first kappa shape index (κ1) is 21.6. The number of pyridine rings is 1. The Morgan fingerprint density at radius 2 is 1.88 bits per heavy atom. The molecule has 0 bridgehead atoms. The van der Waals surface area contributed by atoms with Gasteiger partial charge in [-0.15, -0.1) is 11.3 Å². The fourth-order valence-electron chi connectivity index (χ4n) is 3.35. The van der Waals surface area contributed by atoms with Gasteiger partial charge in [0, 0.05) is 36.4 Å². The lowest BCUT2D eigenvalue weighted by molar-refractivity contribution is 0.100. The number of nitrogens with one attached hydrogen (secondary N) is 1. The molecule has 12 heteroatoms. The minimum absolute atomic E-state index is 0.00251. The van der Waals surface area contributed by atoms with Crippen molar-refractivity contribution in [3.05, 3.63) is 46.0 Å². The molecule has 3 N–H and O–H groups in total. The summed E-state index contributed by atoms with van der Waals surface area (Å²) in [5.41, 5.74) is 7.75. The molecule has 32 heavy (non-hydrogen) atoms. The smallest absolute Gasteiger partial charge is 0.280 e. The number of carbonyl (C=O) groups excluding carboxylic acids is 2. The van der Waals surface area contributed by atoms with Crippen molar-refractivity contribution in [2.75, 3.05) is 5.32 Å². The molecular formula is C20H19F2N7O2S. The van der Waals surface area contributed by atoms with Gasteiger partial charge in [-0.05, 0) is 31.5 Å². The molecule has 4 heterocycles. The Morgan fingerprint density at radius 1 is 1.16 bits per heavy atom. The highest BCUT2D eigenvalue weighted by atomic mass is 32.1. The summed E-state index contributed by atoms with van der Waals surface area (Å²) in [6.07, 6.45) is -1.29. The first-order valence-electron chi connectivity index (χ1n) is 9.44. The van der Waals surface area contributed by atoms with Crippen molar-refractivity contribution in [3.63, 3.8) is 0 Å². The van der Waals surface area contributed by atoms with Crippen molar-refractivity contribution >= 4 is 39.1 Å². The summed E-state index contributed by atoms with van der Waals surface area (Å²) >= 11 is 0.844. The van der Waals surface area contributed by atoms with Crippen LogP contribution in [0.1, 0.15) is 43.7 Å². The monoisotopic (exact) mass is 459 g/mol. The maximum absolute atomic E-state index is 13.6. The van der Waals surface area contributed by atoms with Crippen molar-refractivity contribution in [2.45, 2.75) is 20.3 Å². The Balaban J connectivity index is 1.98. The van der Waals surface area contributed by atoms with E-state index in [2.05, 4.69) is 20.5 Å². The van der Waals surface area contributed by atoms with Crippen LogP contribution in [0, 0.1) is 13.8 Å². The number of nitrogens with two attached hydrogens (primary N) is 1. The molecule has 4 aromatic rings. The lowest BCUT2D eigenvalue weighted by Crippen LogP contribution is -2.17. The van der Waals surface area contributed by atoms with Crippen LogP contribution in [0.4, 0.5) is 14.5 Å². The van der Waals surface area contributed by atoms with Gasteiger partial charge in [0.1, 0.15) is 15.4 Å². The van der Waals surface area contributed by atoms with Crippen molar-refractivity contribution < 1.29 is 18.4 Å². The third-order valence-electron chi connectivity index (χ3n) is 5.24. The third kappa shape index (κ3) is 3.51. The number of nitrogens with zero attached hydrogens (tertiary/aromatic N) is 5. The van der Waals surface area contributed by atoms with Crippen LogP contribution in [-0.2, 0) is 14.1 Å². The summed E-state index contributed by atoms with van der Waals surface area (Å²) in [4.78, 5) is 29.3. The number of carbonyl (C=O) groups is 2. The number of hydrogen-bond acceptors (Lipinski definition) is 6. The number of primary amides is 1. The predicted octanol–water partition coefficient (Wildman–Crippen LogP) is 3.34. The van der Waals surface area contributed by atoms with E-state index < -0.39 is 23.9 Å². The van der Waals surface area contributed by atoms with Crippen molar-refractivity contribution in [1.29, 1.82) is 0 Å². The fourth-order valence-corrected chi connectivity index (χ4v) is 4.36. The van der Waals surface area contributed by atoms with Crippen LogP contribution < -0.4 is 11.1 Å². The second-order valence-electron chi connectivity index (χ2n) is 7.26. The standard InChI is InChI=1S/C20H19F2N7O2S/c1-8-5-13(27-28(8)3)19(31)26-15-14-10(11-7-24-29(4)9(11)2)6-12(17(21)22)25-20(14)32-16(15)18(23)30/h5-7,17H,1-4H3,(H2,23,30)(H,26,31). The SMILES string of the molecule is Cc1cc(C(=O)Nc2c(C(N)=O)sc3nc(C(F)F)cc(-c4cnn(C)c4C)c23)nn1C. The van der Waals surface area contributed by atoms with Crippen LogP contribution >= 0.6 is 11.3 Å². The van der Waals surface area contributed by atoms with Crippen LogP contribution in [0.5, 0.6) is 0 Å². The minimum Gasteiger partial charge on any atom is -0.365 e. The van der Waals surface area contributed by atoms with Crippen LogP contribution in [0.3, 0.4) is 0 Å². The van der Waals surface area contributed by atoms with Crippen molar-refractivity contribution in [3.8, 4) is 11.1 Å². The Kier molecular flexibility index (Phi) is 5.25. The van der Waals surface area contributed by atoms with E-state index in [0.717, 1.165) is 17.0 Å². The molecule has 0 radical (unpaired) electrons. The van der Waals surface area contributed by atoms with Crippen LogP contribution in [-0.4, -0.2) is 36.4 Å². The van der Waals surface area contributed by atoms with Gasteiger partial charge in [0.05, 0.1) is 11.9 Å². The summed E-state index contributed by atoms with van der Waals surface area (Å²) in [5.74, 6) is -1.38. The summed E-state index contributed by atoms with van der Waals surface area (Å²) in [5, 5.41) is 11.4. The lowest BCUT2D eigenvalue weighted by Gasteiger charge is -2.10. The summed E-state index contributed by atoms with van der Waals surface area (Å²) in [7, 11) is 3.42. The molecule has 0 unspecified atom stereocenters. The molecule has 0 saturated heterocycles. The Morgan fingerprint density at radius 3 is 2.41 bits per heavy atom. The van der Waals surface area contributed by atoms with E-state index in [1.807, 2.05) is 0 Å². The van der Waals surface area contributed by atoms with Gasteiger partial charge in [-0.25, -0.2) is 13.8 Å². The van der Waals surface area contributed by atoms with Gasteiger partial charge in [0.2, 0.25) is 0 Å². The Hall–Kier alpha value is -3.67. The molecule has 0 spiro atoms. The zero-order valence-corrected chi connectivity index (χ0v) is 18.4. The average molecular weight is 459 g/mol. The second-order valence-corrected chi connectivity index (χ2v) is 8.26. The second kappa shape index (κ2) is 7.79. The van der Waals surface area contributed by atoms with Crippen LogP contribution in [0.2, 0.25) is 0 Å². The van der Waals surface area contributed by atoms with Gasteiger partial charge >= 0.3 is 0 Å². The zero-order chi connectivity index (χ0) is 23.3. The number of halogens is 2. The molecule has 9 nitrogen and oxygen atoms in total. The molecule has 4 aromatic heterocycles. The molecular weight excluding hydrogens is 440 g/mol. The van der Waals surface area contributed by atoms with E-state index in [-0.39, 0.29) is 21.1 Å². The summed E-state index contributed by atoms with van der Waals surface area (Å²) in [6.45, 7) is 3.57. The normalized spacial score (nSPS) is 11.5. The highest BCUT2D eigenvalue weighted by Crippen LogP contribution is 2.43. The van der Waals surface area contributed by atoms with Gasteiger partial charge in [-0.2, -0.15) is 10.2 Å². The molecule has 4 rings (SSSR count). The van der Waals surface area contributed by atoms with Crippen LogP contribution in [0.25, 0.3) is 21.3 Å². The fraction of sp³-hybridized carbons (Fsp3) is 0.250. The molecule has 0 aliphatic rings. The molecule has 0 fully saturated rings. The number of aromatic nitrogens is 5. The quantitative estimate of drug-likeness (QED) is 0.474. The number of hydrogen-bond donors (Lipinski definition) is 2. The average Bonchev–Trinajstić information content (AvgIpc) is 3.38. The highest BCUT2D eigenvalue weighted by Gasteiger charge is 2.26. The molecule has 0 aliphatic carbocycles. The topological polar surface area (TPSA) is 121 Å². The first-order chi connectivity index (χ1) is 15.1. The number of amides is 2. The largest absolute Gasteiger partial charge is 0.365 e. The van der Waals surface area contributed by atoms with E-state index in [1.165, 1.54) is 16.9 Å². The number of aryl methyl sites for hydroxylation is 3. The number of anilines is 1. The predicted molar refractivity (Wildman–Crippen MR) is 116 cm³/mol. The highest BCUT2D eigenvalue weighted by molar-refractivity contribution is 7.21. The molecule has 166 valence electrons. The number of thiophene rings is 1. The van der Waals surface area contributed by atoms with Gasteiger partial charge in [0.15, 0.2) is 5.69 Å². The van der Waals surface area contributed by atoms with E-state index >= 15 is 0 Å². The van der Waals surface area contributed by atoms with E-state index in [1.54, 1.807) is 38.7 Å². The molecule has 0 aromatic carbocycles. The van der Waals surface area contributed by atoms with Gasteiger partial charge in [-0.3, -0.25) is 19.0 Å². The van der Waals surface area contributed by atoms with E-state index in [9.17, 15) is 18.4 Å². The number of fused-ring (bicyclic) bond motifs is 1. The van der Waals surface area contributed by atoms with Crippen LogP contribution in [0.15, 0.2) is 18.3 Å².